The zero-order valence-corrected chi connectivity index (χ0v) is 13.7. The predicted molar refractivity (Wildman–Crippen MR) is 92.7 cm³/mol. The van der Waals surface area contributed by atoms with Gasteiger partial charge in [0.05, 0.1) is 5.56 Å². The van der Waals surface area contributed by atoms with Gasteiger partial charge in [0.2, 0.25) is 0 Å². The van der Waals surface area contributed by atoms with E-state index < -0.39 is 23.4 Å². The van der Waals surface area contributed by atoms with E-state index in [1.165, 1.54) is 48.5 Å². The fraction of sp³-hybridized carbons (Fsp3) is 0. The van der Waals surface area contributed by atoms with Crippen LogP contribution in [0.5, 0.6) is 0 Å². The molecule has 4 nitrogen and oxygen atoms in total. The molecule has 0 radical (unpaired) electrons. The summed E-state index contributed by atoms with van der Waals surface area (Å²) in [6, 6.07) is 12.7. The van der Waals surface area contributed by atoms with Crippen LogP contribution in [0.1, 0.15) is 5.76 Å². The SMILES string of the molecule is N#CC(=Cc1ccc(-c2ccc(F)cc2F)o1)C(=O)Nc1ccc(F)cc1. The molecule has 0 bridgehead atoms. The van der Waals surface area contributed by atoms with Gasteiger partial charge in [-0.2, -0.15) is 5.26 Å². The Morgan fingerprint density at radius 3 is 2.37 bits per heavy atom. The Hall–Kier alpha value is -3.79. The number of furan rings is 1. The number of nitriles is 1. The summed E-state index contributed by atoms with van der Waals surface area (Å²) in [6.07, 6.45) is 1.18. The lowest BCUT2D eigenvalue weighted by atomic mass is 10.1. The fourth-order valence-electron chi connectivity index (χ4n) is 2.29. The first kappa shape index (κ1) is 18.0. The summed E-state index contributed by atoms with van der Waals surface area (Å²) in [5.74, 6) is -2.42. The Balaban J connectivity index is 1.82. The van der Waals surface area contributed by atoms with Crippen LogP contribution in [0.25, 0.3) is 17.4 Å². The highest BCUT2D eigenvalue weighted by Crippen LogP contribution is 2.26. The second-order valence-corrected chi connectivity index (χ2v) is 5.46. The molecule has 7 heteroatoms. The van der Waals surface area contributed by atoms with Crippen LogP contribution in [-0.4, -0.2) is 5.91 Å². The largest absolute Gasteiger partial charge is 0.457 e. The van der Waals surface area contributed by atoms with Crippen molar-refractivity contribution >= 4 is 17.7 Å². The number of halogens is 3. The third kappa shape index (κ3) is 4.25. The second-order valence-electron chi connectivity index (χ2n) is 5.46. The first-order valence-electron chi connectivity index (χ1n) is 7.70. The smallest absolute Gasteiger partial charge is 0.266 e. The van der Waals surface area contributed by atoms with Crippen molar-refractivity contribution in [3.63, 3.8) is 0 Å². The highest BCUT2D eigenvalue weighted by molar-refractivity contribution is 6.09. The molecule has 0 saturated heterocycles. The van der Waals surface area contributed by atoms with E-state index in [1.807, 2.05) is 0 Å². The number of anilines is 1. The average Bonchev–Trinajstić information content (AvgIpc) is 3.09. The first-order chi connectivity index (χ1) is 13.0. The summed E-state index contributed by atoms with van der Waals surface area (Å²) in [5.41, 5.74) is 0.0983. The Morgan fingerprint density at radius 1 is 1.00 bits per heavy atom. The van der Waals surface area contributed by atoms with Gasteiger partial charge in [-0.05, 0) is 48.5 Å². The van der Waals surface area contributed by atoms with Crippen molar-refractivity contribution in [1.82, 2.24) is 0 Å². The Kier molecular flexibility index (Phi) is 5.08. The zero-order valence-electron chi connectivity index (χ0n) is 13.7. The van der Waals surface area contributed by atoms with E-state index >= 15 is 0 Å². The number of nitrogens with one attached hydrogen (secondary N) is 1. The molecule has 0 aliphatic heterocycles. The minimum atomic E-state index is -0.797. The standard InChI is InChI=1S/C20H11F3N2O2/c21-13-1-4-15(5-2-13)25-20(26)12(11-24)9-16-6-8-19(27-16)17-7-3-14(22)10-18(17)23/h1-10H,(H,25,26). The van der Waals surface area contributed by atoms with Gasteiger partial charge in [-0.1, -0.05) is 0 Å². The molecule has 0 fully saturated rings. The summed E-state index contributed by atoms with van der Waals surface area (Å²) >= 11 is 0. The van der Waals surface area contributed by atoms with Gasteiger partial charge < -0.3 is 9.73 Å². The summed E-state index contributed by atoms with van der Waals surface area (Å²) in [5, 5.41) is 11.7. The van der Waals surface area contributed by atoms with E-state index in [9.17, 15) is 23.2 Å². The predicted octanol–water partition coefficient (Wildman–Crippen LogP) is 4.91. The van der Waals surface area contributed by atoms with E-state index in [0.717, 1.165) is 12.1 Å². The number of rotatable bonds is 4. The van der Waals surface area contributed by atoms with Crippen LogP contribution < -0.4 is 5.32 Å². The van der Waals surface area contributed by atoms with E-state index in [1.54, 1.807) is 6.07 Å². The third-order valence-corrected chi connectivity index (χ3v) is 3.58. The topological polar surface area (TPSA) is 66.0 Å². The van der Waals surface area contributed by atoms with Crippen LogP contribution in [0.15, 0.2) is 64.6 Å². The maximum atomic E-state index is 13.8. The molecule has 1 heterocycles. The Labute approximate surface area is 152 Å². The lowest BCUT2D eigenvalue weighted by Gasteiger charge is -2.03. The van der Waals surface area contributed by atoms with Crippen molar-refractivity contribution < 1.29 is 22.4 Å². The quantitative estimate of drug-likeness (QED) is 0.526. The van der Waals surface area contributed by atoms with Gasteiger partial charge in [0, 0.05) is 17.8 Å². The van der Waals surface area contributed by atoms with Crippen molar-refractivity contribution in [3.05, 3.63) is 83.4 Å². The van der Waals surface area contributed by atoms with Gasteiger partial charge in [0.1, 0.15) is 40.6 Å². The number of hydrogen-bond acceptors (Lipinski definition) is 3. The summed E-state index contributed by atoms with van der Waals surface area (Å²) in [6.45, 7) is 0. The highest BCUT2D eigenvalue weighted by atomic mass is 19.1. The molecule has 2 aromatic carbocycles. The zero-order chi connectivity index (χ0) is 19.4. The normalized spacial score (nSPS) is 11.1. The van der Waals surface area contributed by atoms with Crippen LogP contribution in [-0.2, 0) is 4.79 Å². The molecule has 1 amide bonds. The van der Waals surface area contributed by atoms with Gasteiger partial charge in [-0.3, -0.25) is 4.79 Å². The van der Waals surface area contributed by atoms with Crippen molar-refractivity contribution in [2.75, 3.05) is 5.32 Å². The molecule has 3 rings (SSSR count). The summed E-state index contributed by atoms with van der Waals surface area (Å²) < 4.78 is 45.1. The fourth-order valence-corrected chi connectivity index (χ4v) is 2.29. The monoisotopic (exact) mass is 368 g/mol. The summed E-state index contributed by atoms with van der Waals surface area (Å²) in [7, 11) is 0. The molecule has 0 saturated carbocycles. The van der Waals surface area contributed by atoms with Crippen LogP contribution >= 0.6 is 0 Å². The molecule has 1 aromatic heterocycles. The second kappa shape index (κ2) is 7.62. The van der Waals surface area contributed by atoms with Crippen LogP contribution in [0.3, 0.4) is 0 Å². The number of amides is 1. The van der Waals surface area contributed by atoms with Gasteiger partial charge in [-0.25, -0.2) is 13.2 Å². The molecule has 0 aliphatic rings. The first-order valence-corrected chi connectivity index (χ1v) is 7.70. The van der Waals surface area contributed by atoms with Crippen LogP contribution in [0, 0.1) is 28.8 Å². The van der Waals surface area contributed by atoms with Gasteiger partial charge in [0.15, 0.2) is 0 Å². The number of hydrogen-bond donors (Lipinski definition) is 1. The Morgan fingerprint density at radius 2 is 1.70 bits per heavy atom. The number of carbonyl (C=O) groups excluding carboxylic acids is 1. The van der Waals surface area contributed by atoms with Crippen molar-refractivity contribution in [2.45, 2.75) is 0 Å². The van der Waals surface area contributed by atoms with Crippen molar-refractivity contribution in [2.24, 2.45) is 0 Å². The van der Waals surface area contributed by atoms with Crippen molar-refractivity contribution in [1.29, 1.82) is 5.26 Å². The molecule has 0 aliphatic carbocycles. The minimum absolute atomic E-state index is 0.0466. The van der Waals surface area contributed by atoms with E-state index in [0.29, 0.717) is 5.69 Å². The molecule has 134 valence electrons. The van der Waals surface area contributed by atoms with Gasteiger partial charge in [-0.15, -0.1) is 0 Å². The number of carbonyl (C=O) groups is 1. The van der Waals surface area contributed by atoms with E-state index in [2.05, 4.69) is 5.32 Å². The van der Waals surface area contributed by atoms with E-state index in [-0.39, 0.29) is 22.7 Å². The molecule has 0 spiro atoms. The average molecular weight is 368 g/mol. The summed E-state index contributed by atoms with van der Waals surface area (Å²) in [4.78, 5) is 12.2. The number of benzene rings is 2. The molecular formula is C20H11F3N2O2. The molecule has 3 aromatic rings. The molecule has 0 unspecified atom stereocenters. The molecule has 0 atom stereocenters. The maximum Gasteiger partial charge on any atom is 0.266 e. The highest BCUT2D eigenvalue weighted by Gasteiger charge is 2.13. The van der Waals surface area contributed by atoms with Gasteiger partial charge in [0.25, 0.3) is 5.91 Å². The van der Waals surface area contributed by atoms with Crippen LogP contribution in [0.2, 0.25) is 0 Å². The van der Waals surface area contributed by atoms with E-state index in [4.69, 9.17) is 4.42 Å². The lowest BCUT2D eigenvalue weighted by molar-refractivity contribution is -0.112. The van der Waals surface area contributed by atoms with Crippen molar-refractivity contribution in [3.8, 4) is 17.4 Å². The minimum Gasteiger partial charge on any atom is -0.457 e. The maximum absolute atomic E-state index is 13.8. The Bertz CT molecular complexity index is 1060. The molecule has 27 heavy (non-hydrogen) atoms. The lowest BCUT2D eigenvalue weighted by Crippen LogP contribution is -2.13. The third-order valence-electron chi connectivity index (χ3n) is 3.58. The van der Waals surface area contributed by atoms with Gasteiger partial charge >= 0.3 is 0 Å². The number of nitrogens with zero attached hydrogens (tertiary/aromatic N) is 1. The van der Waals surface area contributed by atoms with Crippen LogP contribution in [0.4, 0.5) is 18.9 Å². The molecular weight excluding hydrogens is 357 g/mol. The molecule has 1 N–H and O–H groups in total.